The SMILES string of the molecule is COc1ccc(OCCC(=O)OCC(=O)Nc2ccc([N+](=O)[O-])cc2C)cc1. The number of methoxy groups -OCH3 is 1. The maximum atomic E-state index is 11.9. The molecular weight excluding hydrogens is 368 g/mol. The number of ether oxygens (including phenoxy) is 3. The van der Waals surface area contributed by atoms with Crippen LogP contribution >= 0.6 is 0 Å². The Labute approximate surface area is 161 Å². The normalized spacial score (nSPS) is 10.1. The molecule has 0 fully saturated rings. The molecule has 9 nitrogen and oxygen atoms in total. The Morgan fingerprint density at radius 2 is 1.79 bits per heavy atom. The van der Waals surface area contributed by atoms with Crippen LogP contribution in [0.5, 0.6) is 11.5 Å². The lowest BCUT2D eigenvalue weighted by Gasteiger charge is -2.09. The van der Waals surface area contributed by atoms with Gasteiger partial charge >= 0.3 is 5.97 Å². The van der Waals surface area contributed by atoms with E-state index in [4.69, 9.17) is 14.2 Å². The number of nitrogens with one attached hydrogen (secondary N) is 1. The third-order valence-corrected chi connectivity index (χ3v) is 3.69. The number of carbonyl (C=O) groups excluding carboxylic acids is 2. The number of rotatable bonds is 9. The summed E-state index contributed by atoms with van der Waals surface area (Å²) in [6, 6.07) is 10.9. The molecule has 0 aliphatic heterocycles. The summed E-state index contributed by atoms with van der Waals surface area (Å²) in [5.74, 6) is 0.159. The molecule has 0 aliphatic carbocycles. The molecule has 9 heteroatoms. The lowest BCUT2D eigenvalue weighted by molar-refractivity contribution is -0.384. The number of nitrogens with zero attached hydrogens (tertiary/aromatic N) is 1. The number of amides is 1. The average molecular weight is 388 g/mol. The predicted octanol–water partition coefficient (Wildman–Crippen LogP) is 2.86. The van der Waals surface area contributed by atoms with Crippen LogP contribution in [0.4, 0.5) is 11.4 Å². The Morgan fingerprint density at radius 1 is 1.11 bits per heavy atom. The minimum Gasteiger partial charge on any atom is -0.497 e. The number of nitro benzene ring substituents is 1. The van der Waals surface area contributed by atoms with Crippen molar-refractivity contribution in [1.82, 2.24) is 0 Å². The van der Waals surface area contributed by atoms with Crippen molar-refractivity contribution in [3.63, 3.8) is 0 Å². The van der Waals surface area contributed by atoms with Gasteiger partial charge in [-0.25, -0.2) is 0 Å². The van der Waals surface area contributed by atoms with E-state index < -0.39 is 23.4 Å². The van der Waals surface area contributed by atoms with Crippen molar-refractivity contribution in [2.45, 2.75) is 13.3 Å². The number of aryl methyl sites for hydroxylation is 1. The molecular formula is C19H20N2O7. The summed E-state index contributed by atoms with van der Waals surface area (Å²) in [6.07, 6.45) is -0.0180. The molecule has 2 aromatic rings. The minimum atomic E-state index is -0.580. The second-order valence-electron chi connectivity index (χ2n) is 5.74. The molecule has 28 heavy (non-hydrogen) atoms. The van der Waals surface area contributed by atoms with E-state index in [1.54, 1.807) is 38.3 Å². The molecule has 0 spiro atoms. The molecule has 0 bridgehead atoms. The van der Waals surface area contributed by atoms with Gasteiger partial charge < -0.3 is 19.5 Å². The fourth-order valence-electron chi connectivity index (χ4n) is 2.23. The molecule has 0 saturated heterocycles. The molecule has 2 aromatic carbocycles. The molecule has 1 N–H and O–H groups in total. The van der Waals surface area contributed by atoms with Gasteiger partial charge in [-0.05, 0) is 42.8 Å². The van der Waals surface area contributed by atoms with Crippen molar-refractivity contribution >= 4 is 23.3 Å². The Hall–Kier alpha value is -3.62. The van der Waals surface area contributed by atoms with Gasteiger partial charge in [0.25, 0.3) is 11.6 Å². The fraction of sp³-hybridized carbons (Fsp3) is 0.263. The van der Waals surface area contributed by atoms with Crippen LogP contribution in [0.3, 0.4) is 0 Å². The second kappa shape index (κ2) is 9.91. The number of carbonyl (C=O) groups is 2. The third kappa shape index (κ3) is 6.27. The van der Waals surface area contributed by atoms with Gasteiger partial charge in [0.2, 0.25) is 0 Å². The molecule has 0 heterocycles. The van der Waals surface area contributed by atoms with Crippen molar-refractivity contribution in [3.05, 3.63) is 58.1 Å². The molecule has 0 atom stereocenters. The number of anilines is 1. The van der Waals surface area contributed by atoms with Crippen LogP contribution < -0.4 is 14.8 Å². The summed E-state index contributed by atoms with van der Waals surface area (Å²) in [5.41, 5.74) is 0.870. The number of benzene rings is 2. The van der Waals surface area contributed by atoms with Crippen LogP contribution in [0.25, 0.3) is 0 Å². The van der Waals surface area contributed by atoms with Crippen LogP contribution in [0.15, 0.2) is 42.5 Å². The van der Waals surface area contributed by atoms with Gasteiger partial charge in [-0.1, -0.05) is 0 Å². The van der Waals surface area contributed by atoms with Gasteiger partial charge in [0, 0.05) is 17.8 Å². The maximum absolute atomic E-state index is 11.9. The first kappa shape index (κ1) is 20.7. The first-order valence-corrected chi connectivity index (χ1v) is 8.36. The Morgan fingerprint density at radius 3 is 2.39 bits per heavy atom. The van der Waals surface area contributed by atoms with Gasteiger partial charge in [0.1, 0.15) is 11.5 Å². The highest BCUT2D eigenvalue weighted by Gasteiger charge is 2.12. The second-order valence-corrected chi connectivity index (χ2v) is 5.74. The van der Waals surface area contributed by atoms with Gasteiger partial charge in [-0.3, -0.25) is 19.7 Å². The highest BCUT2D eigenvalue weighted by Crippen LogP contribution is 2.21. The zero-order valence-corrected chi connectivity index (χ0v) is 15.5. The van der Waals surface area contributed by atoms with E-state index >= 15 is 0 Å². The lowest BCUT2D eigenvalue weighted by atomic mass is 10.2. The molecule has 0 radical (unpaired) electrons. The average Bonchev–Trinajstić information content (AvgIpc) is 2.68. The fourth-order valence-corrected chi connectivity index (χ4v) is 2.23. The van der Waals surface area contributed by atoms with E-state index in [1.807, 2.05) is 0 Å². The first-order chi connectivity index (χ1) is 13.4. The molecule has 0 saturated carbocycles. The number of non-ortho nitro benzene ring substituents is 1. The number of hydrogen-bond acceptors (Lipinski definition) is 7. The van der Waals surface area contributed by atoms with Gasteiger partial charge in [0.15, 0.2) is 6.61 Å². The van der Waals surface area contributed by atoms with Crippen molar-refractivity contribution in [1.29, 1.82) is 0 Å². The van der Waals surface area contributed by atoms with Crippen LogP contribution in [0.1, 0.15) is 12.0 Å². The van der Waals surface area contributed by atoms with Crippen molar-refractivity contribution in [3.8, 4) is 11.5 Å². The maximum Gasteiger partial charge on any atom is 0.309 e. The zero-order chi connectivity index (χ0) is 20.5. The Balaban J connectivity index is 1.71. The van der Waals surface area contributed by atoms with Crippen LogP contribution in [-0.2, 0) is 14.3 Å². The summed E-state index contributed by atoms with van der Waals surface area (Å²) in [5, 5.41) is 13.3. The molecule has 148 valence electrons. The first-order valence-electron chi connectivity index (χ1n) is 8.36. The molecule has 2 rings (SSSR count). The van der Waals surface area contributed by atoms with E-state index in [0.29, 0.717) is 22.7 Å². The van der Waals surface area contributed by atoms with Crippen LogP contribution in [0.2, 0.25) is 0 Å². The highest BCUT2D eigenvalue weighted by atomic mass is 16.6. The van der Waals surface area contributed by atoms with E-state index in [0.717, 1.165) is 0 Å². The summed E-state index contributed by atoms with van der Waals surface area (Å²) < 4.78 is 15.3. The zero-order valence-electron chi connectivity index (χ0n) is 15.5. The number of nitro groups is 1. The molecule has 0 unspecified atom stereocenters. The van der Waals surface area contributed by atoms with Crippen LogP contribution in [-0.4, -0.2) is 37.1 Å². The largest absolute Gasteiger partial charge is 0.497 e. The van der Waals surface area contributed by atoms with E-state index in [1.165, 1.54) is 18.2 Å². The number of hydrogen-bond donors (Lipinski definition) is 1. The summed E-state index contributed by atoms with van der Waals surface area (Å²) in [7, 11) is 1.56. The van der Waals surface area contributed by atoms with Gasteiger partial charge in [0.05, 0.1) is 25.1 Å². The van der Waals surface area contributed by atoms with Crippen molar-refractivity contribution < 1.29 is 28.7 Å². The highest BCUT2D eigenvalue weighted by molar-refractivity contribution is 5.93. The van der Waals surface area contributed by atoms with E-state index in [-0.39, 0.29) is 18.7 Å². The van der Waals surface area contributed by atoms with Crippen molar-refractivity contribution in [2.24, 2.45) is 0 Å². The standard InChI is InChI=1S/C19H20N2O7/c1-13-11-14(21(24)25)3-8-17(13)20-18(22)12-28-19(23)9-10-27-16-6-4-15(26-2)5-7-16/h3-8,11H,9-10,12H2,1-2H3,(H,20,22). The van der Waals surface area contributed by atoms with Gasteiger partial charge in [-0.2, -0.15) is 0 Å². The van der Waals surface area contributed by atoms with E-state index in [2.05, 4.69) is 5.32 Å². The summed E-state index contributed by atoms with van der Waals surface area (Å²) >= 11 is 0. The minimum absolute atomic E-state index is 0.0180. The summed E-state index contributed by atoms with van der Waals surface area (Å²) in [6.45, 7) is 1.27. The summed E-state index contributed by atoms with van der Waals surface area (Å²) in [4.78, 5) is 33.8. The van der Waals surface area contributed by atoms with Gasteiger partial charge in [-0.15, -0.1) is 0 Å². The smallest absolute Gasteiger partial charge is 0.309 e. The quantitative estimate of drug-likeness (QED) is 0.399. The number of esters is 1. The Bertz CT molecular complexity index is 850. The van der Waals surface area contributed by atoms with Crippen molar-refractivity contribution in [2.75, 3.05) is 25.6 Å². The third-order valence-electron chi connectivity index (χ3n) is 3.69. The molecule has 0 aromatic heterocycles. The molecule has 1 amide bonds. The topological polar surface area (TPSA) is 117 Å². The van der Waals surface area contributed by atoms with Crippen LogP contribution in [0, 0.1) is 17.0 Å². The lowest BCUT2D eigenvalue weighted by Crippen LogP contribution is -2.22. The molecule has 0 aliphatic rings. The predicted molar refractivity (Wildman–Crippen MR) is 101 cm³/mol. The monoisotopic (exact) mass is 388 g/mol. The van der Waals surface area contributed by atoms with E-state index in [9.17, 15) is 19.7 Å². The Kier molecular flexibility index (Phi) is 7.32.